The number of allylic oxidation sites excluding steroid dienone is 26. The fourth-order valence-corrected chi connectivity index (χ4v) is 10.0. The smallest absolute Gasteiger partial charge is 0.306 e. The zero-order valence-corrected chi connectivity index (χ0v) is 56.0. The largest absolute Gasteiger partial charge is 0.462 e. The summed E-state index contributed by atoms with van der Waals surface area (Å²) in [5.41, 5.74) is 0. The Labute approximate surface area is 532 Å². The lowest BCUT2D eigenvalue weighted by Crippen LogP contribution is -2.28. The topological polar surface area (TPSA) is 72.8 Å². The monoisotopic (exact) mass is 1190 g/mol. The van der Waals surface area contributed by atoms with E-state index in [-0.39, 0.29) is 25.2 Å². The highest BCUT2D eigenvalue weighted by Gasteiger charge is 2.16. The van der Waals surface area contributed by atoms with Crippen molar-refractivity contribution in [2.75, 3.05) is 13.2 Å². The van der Waals surface area contributed by atoms with Crippen LogP contribution in [0.25, 0.3) is 0 Å². The van der Waals surface area contributed by atoms with Crippen molar-refractivity contribution in [1.29, 1.82) is 0 Å². The number of carbonyl (C=O) groups is 2. The maximum Gasteiger partial charge on any atom is 0.306 e. The molecule has 0 aliphatic rings. The minimum Gasteiger partial charge on any atom is -0.462 e. The van der Waals surface area contributed by atoms with Crippen molar-refractivity contribution in [3.8, 4) is 0 Å². The summed E-state index contributed by atoms with van der Waals surface area (Å²) >= 11 is 0. The summed E-state index contributed by atoms with van der Waals surface area (Å²) in [4.78, 5) is 24.7. The fraction of sp³-hybridized carbons (Fsp3) is 0.654. The zero-order chi connectivity index (χ0) is 61.9. The van der Waals surface area contributed by atoms with Crippen LogP contribution in [0, 0.1) is 0 Å². The van der Waals surface area contributed by atoms with Crippen LogP contribution in [0.1, 0.15) is 322 Å². The Kier molecular flexibility index (Phi) is 70.9. The van der Waals surface area contributed by atoms with Crippen molar-refractivity contribution >= 4 is 11.9 Å². The van der Waals surface area contributed by atoms with Gasteiger partial charge in [0.05, 0.1) is 6.61 Å². The van der Waals surface area contributed by atoms with Gasteiger partial charge in [0.1, 0.15) is 6.61 Å². The molecule has 5 heteroatoms. The molecule has 0 saturated heterocycles. The molecule has 0 aromatic rings. The van der Waals surface area contributed by atoms with Gasteiger partial charge in [-0.1, -0.05) is 345 Å². The molecular weight excluding hydrogens is 1050 g/mol. The molecule has 0 aromatic carbocycles. The number of unbranched alkanes of at least 4 members (excludes halogenated alkanes) is 31. The van der Waals surface area contributed by atoms with Crippen molar-refractivity contribution in [1.82, 2.24) is 0 Å². The van der Waals surface area contributed by atoms with Crippen LogP contribution in [0.4, 0.5) is 0 Å². The highest BCUT2D eigenvalue weighted by molar-refractivity contribution is 5.70. The van der Waals surface area contributed by atoms with E-state index in [1.165, 1.54) is 173 Å². The average molecular weight is 1190 g/mol. The van der Waals surface area contributed by atoms with E-state index in [1.807, 2.05) is 0 Å². The lowest BCUT2D eigenvalue weighted by atomic mass is 10.0. The minimum absolute atomic E-state index is 0.0722. The second-order valence-corrected chi connectivity index (χ2v) is 23.6. The van der Waals surface area contributed by atoms with Crippen molar-refractivity contribution in [2.45, 2.75) is 328 Å². The molecule has 0 spiro atoms. The standard InChI is InChI=1S/C81H134O5/c1-3-5-7-9-11-13-15-17-19-21-23-25-27-29-31-33-35-37-39-40-42-43-45-47-49-51-53-55-57-59-61-63-65-67-69-71-73-75-80(83)85-78-79(77-82)86-81(84)76-74-72-70-68-66-64-62-60-58-56-54-52-50-48-46-44-41-38-36-34-32-30-28-26-24-22-20-18-16-14-12-10-8-6-4-2/h5-8,11-14,17-20,23-26,29-32,36,38,44,46,50,52,79,82H,3-4,9-10,15-16,21-22,27-28,33-35,37,39-43,45,47-49,51,53-78H2,1-2H3/b7-5-,8-6-,13-11-,14-12-,19-17-,20-18-,25-23-,26-24-,31-29-,32-30-,38-36-,46-44-,52-50-. The summed E-state index contributed by atoms with van der Waals surface area (Å²) in [7, 11) is 0. The third kappa shape index (κ3) is 72.0. The Morgan fingerprint density at radius 3 is 0.698 bits per heavy atom. The second-order valence-electron chi connectivity index (χ2n) is 23.6. The summed E-state index contributed by atoms with van der Waals surface area (Å²) in [6, 6.07) is 0. The summed E-state index contributed by atoms with van der Waals surface area (Å²) < 4.78 is 10.8. The highest BCUT2D eigenvalue weighted by Crippen LogP contribution is 2.17. The van der Waals surface area contributed by atoms with E-state index >= 15 is 0 Å². The molecule has 0 bridgehead atoms. The first kappa shape index (κ1) is 81.5. The van der Waals surface area contributed by atoms with Gasteiger partial charge in [0.25, 0.3) is 0 Å². The Balaban J connectivity index is 3.50. The SMILES string of the molecule is CC/C=C\C/C=C\C/C=C\C/C=C\C/C=C\C/C=C\C/C=C\C/C=C\CCCCCCCCCCCCC(=O)OC(CO)COC(=O)CCCCCCCCCCCCCCCCCCCCCCC/C=C\C/C=C\C/C=C\C/C=C\C/C=C\CC. The predicted octanol–water partition coefficient (Wildman–Crippen LogP) is 25.4. The van der Waals surface area contributed by atoms with E-state index in [4.69, 9.17) is 9.47 Å². The molecule has 0 aromatic heterocycles. The first-order valence-electron chi connectivity index (χ1n) is 36.0. The Hall–Kier alpha value is -4.48. The molecule has 0 saturated carbocycles. The summed E-state index contributed by atoms with van der Waals surface area (Å²) in [5, 5.41) is 9.71. The average Bonchev–Trinajstić information content (AvgIpc) is 3.55. The number of rotatable bonds is 65. The lowest BCUT2D eigenvalue weighted by molar-refractivity contribution is -0.161. The van der Waals surface area contributed by atoms with Crippen molar-refractivity contribution < 1.29 is 24.2 Å². The van der Waals surface area contributed by atoms with Gasteiger partial charge in [0.2, 0.25) is 0 Å². The lowest BCUT2D eigenvalue weighted by Gasteiger charge is -2.15. The molecule has 0 aliphatic carbocycles. The van der Waals surface area contributed by atoms with Gasteiger partial charge in [0.15, 0.2) is 6.10 Å². The van der Waals surface area contributed by atoms with Crippen LogP contribution in [0.5, 0.6) is 0 Å². The van der Waals surface area contributed by atoms with Crippen LogP contribution >= 0.6 is 0 Å². The molecule has 0 amide bonds. The van der Waals surface area contributed by atoms with Gasteiger partial charge in [0, 0.05) is 12.8 Å². The normalized spacial score (nSPS) is 13.2. The summed E-state index contributed by atoms with van der Waals surface area (Å²) in [6.45, 7) is 3.93. The van der Waals surface area contributed by atoms with Crippen LogP contribution in [0.3, 0.4) is 0 Å². The van der Waals surface area contributed by atoms with Crippen LogP contribution in [-0.2, 0) is 19.1 Å². The fourth-order valence-electron chi connectivity index (χ4n) is 10.0. The van der Waals surface area contributed by atoms with E-state index in [0.29, 0.717) is 12.8 Å². The van der Waals surface area contributed by atoms with E-state index in [9.17, 15) is 14.7 Å². The molecule has 0 fully saturated rings. The second kappa shape index (κ2) is 74.8. The number of carbonyl (C=O) groups excluding carboxylic acids is 2. The summed E-state index contributed by atoms with van der Waals surface area (Å²) in [5.74, 6) is -0.591. The Bertz CT molecular complexity index is 1830. The van der Waals surface area contributed by atoms with Gasteiger partial charge in [-0.15, -0.1) is 0 Å². The summed E-state index contributed by atoms with van der Waals surface area (Å²) in [6.07, 6.45) is 114. The van der Waals surface area contributed by atoms with Crippen LogP contribution in [-0.4, -0.2) is 36.4 Å². The van der Waals surface area contributed by atoms with E-state index in [0.717, 1.165) is 122 Å². The number of ether oxygens (including phenoxy) is 2. The molecule has 1 N–H and O–H groups in total. The first-order chi connectivity index (χ1) is 42.6. The molecule has 0 aliphatic heterocycles. The van der Waals surface area contributed by atoms with Gasteiger partial charge in [-0.05, 0) is 122 Å². The Morgan fingerprint density at radius 1 is 0.267 bits per heavy atom. The molecule has 0 rings (SSSR count). The molecule has 86 heavy (non-hydrogen) atoms. The number of esters is 2. The van der Waals surface area contributed by atoms with E-state index < -0.39 is 6.10 Å². The van der Waals surface area contributed by atoms with Gasteiger partial charge in [-0.25, -0.2) is 0 Å². The third-order valence-electron chi connectivity index (χ3n) is 15.3. The quantitative estimate of drug-likeness (QED) is 0.0373. The van der Waals surface area contributed by atoms with E-state index in [2.05, 4.69) is 172 Å². The first-order valence-corrected chi connectivity index (χ1v) is 36.0. The minimum atomic E-state index is -0.784. The molecule has 5 nitrogen and oxygen atoms in total. The Morgan fingerprint density at radius 2 is 0.465 bits per heavy atom. The van der Waals surface area contributed by atoms with Gasteiger partial charge >= 0.3 is 11.9 Å². The third-order valence-corrected chi connectivity index (χ3v) is 15.3. The number of aliphatic hydroxyl groups excluding tert-OH is 1. The van der Waals surface area contributed by atoms with Gasteiger partial charge < -0.3 is 14.6 Å². The van der Waals surface area contributed by atoms with Crippen molar-refractivity contribution in [3.05, 3.63) is 158 Å². The molecule has 1 atom stereocenters. The molecule has 0 radical (unpaired) electrons. The molecule has 0 heterocycles. The predicted molar refractivity (Wildman–Crippen MR) is 380 cm³/mol. The molecule has 1 unspecified atom stereocenters. The highest BCUT2D eigenvalue weighted by atomic mass is 16.6. The maximum absolute atomic E-state index is 12.4. The van der Waals surface area contributed by atoms with E-state index in [1.54, 1.807) is 0 Å². The van der Waals surface area contributed by atoms with Gasteiger partial charge in [-0.2, -0.15) is 0 Å². The zero-order valence-electron chi connectivity index (χ0n) is 56.0. The molecular formula is C81H134O5. The number of aliphatic hydroxyl groups is 1. The van der Waals surface area contributed by atoms with Crippen molar-refractivity contribution in [2.24, 2.45) is 0 Å². The van der Waals surface area contributed by atoms with Crippen LogP contribution in [0.2, 0.25) is 0 Å². The number of hydrogen-bond donors (Lipinski definition) is 1. The van der Waals surface area contributed by atoms with Gasteiger partial charge in [-0.3, -0.25) is 9.59 Å². The maximum atomic E-state index is 12.4. The van der Waals surface area contributed by atoms with Crippen LogP contribution in [0.15, 0.2) is 158 Å². The molecule has 488 valence electrons. The van der Waals surface area contributed by atoms with Crippen LogP contribution < -0.4 is 0 Å². The number of hydrogen-bond acceptors (Lipinski definition) is 5. The van der Waals surface area contributed by atoms with Crippen molar-refractivity contribution in [3.63, 3.8) is 0 Å².